The first-order valence-electron chi connectivity index (χ1n) is 7.10. The number of nitrogens with zero attached hydrogens (tertiary/aromatic N) is 1. The average molecular weight is 393 g/mol. The normalized spacial score (nSPS) is 11.4. The van der Waals surface area contributed by atoms with Crippen LogP contribution in [0.15, 0.2) is 53.0 Å². The Morgan fingerprint density at radius 3 is 2.60 bits per heavy atom. The highest BCUT2D eigenvalue weighted by Gasteiger charge is 2.21. The topological polar surface area (TPSA) is 90.1 Å². The molecule has 1 aromatic carbocycles. The number of hydrogen-bond acceptors (Lipinski definition) is 5. The van der Waals surface area contributed by atoms with Gasteiger partial charge in [-0.25, -0.2) is 8.42 Å². The minimum absolute atomic E-state index is 0.0776. The lowest BCUT2D eigenvalue weighted by atomic mass is 9.97. The van der Waals surface area contributed by atoms with Crippen molar-refractivity contribution in [2.24, 2.45) is 5.73 Å². The number of benzene rings is 1. The van der Waals surface area contributed by atoms with Crippen LogP contribution in [0.2, 0.25) is 5.02 Å². The molecule has 0 fully saturated rings. The number of nitrogens with two attached hydrogens (primary N) is 1. The molecule has 0 aliphatic carbocycles. The van der Waals surface area contributed by atoms with Gasteiger partial charge >= 0.3 is 0 Å². The second kappa shape index (κ2) is 6.59. The van der Waals surface area contributed by atoms with E-state index in [4.69, 9.17) is 17.3 Å². The fourth-order valence-electron chi connectivity index (χ4n) is 2.48. The quantitative estimate of drug-likeness (QED) is 0.733. The van der Waals surface area contributed by atoms with Gasteiger partial charge in [0.2, 0.25) is 0 Å². The molecular formula is C17H13ClN2O3S2. The predicted octanol–water partition coefficient (Wildman–Crippen LogP) is 3.63. The molecule has 128 valence electrons. The maximum absolute atomic E-state index is 11.9. The van der Waals surface area contributed by atoms with Gasteiger partial charge in [-0.3, -0.25) is 9.78 Å². The summed E-state index contributed by atoms with van der Waals surface area (Å²) >= 11 is 7.31. The van der Waals surface area contributed by atoms with Gasteiger partial charge in [0.1, 0.15) is 4.88 Å². The number of carbonyl (C=O) groups excluding carboxylic acids is 1. The fourth-order valence-corrected chi connectivity index (χ4v) is 4.41. The van der Waals surface area contributed by atoms with Crippen LogP contribution in [-0.2, 0) is 9.84 Å². The third-order valence-corrected chi connectivity index (χ3v) is 5.88. The number of thiophene rings is 1. The van der Waals surface area contributed by atoms with Crippen molar-refractivity contribution in [1.29, 1.82) is 0 Å². The highest BCUT2D eigenvalue weighted by molar-refractivity contribution is 7.90. The summed E-state index contributed by atoms with van der Waals surface area (Å²) in [6.45, 7) is 0. The van der Waals surface area contributed by atoms with E-state index in [1.54, 1.807) is 29.9 Å². The molecule has 0 unspecified atom stereocenters. The van der Waals surface area contributed by atoms with Gasteiger partial charge in [-0.2, -0.15) is 0 Å². The Morgan fingerprint density at radius 2 is 2.00 bits per heavy atom. The van der Waals surface area contributed by atoms with E-state index in [1.165, 1.54) is 23.5 Å². The molecular weight excluding hydrogens is 380 g/mol. The molecule has 3 rings (SSSR count). The molecule has 0 radical (unpaired) electrons. The van der Waals surface area contributed by atoms with E-state index >= 15 is 0 Å². The maximum Gasteiger partial charge on any atom is 0.259 e. The van der Waals surface area contributed by atoms with Crippen molar-refractivity contribution in [3.8, 4) is 22.3 Å². The van der Waals surface area contributed by atoms with Crippen LogP contribution >= 0.6 is 22.9 Å². The molecule has 0 aliphatic heterocycles. The number of carbonyl (C=O) groups is 1. The molecule has 0 bridgehead atoms. The summed E-state index contributed by atoms with van der Waals surface area (Å²) < 4.78 is 23.8. The van der Waals surface area contributed by atoms with Crippen LogP contribution < -0.4 is 5.73 Å². The first-order chi connectivity index (χ1) is 11.8. The molecule has 5 nitrogen and oxygen atoms in total. The van der Waals surface area contributed by atoms with Crippen molar-refractivity contribution in [3.63, 3.8) is 0 Å². The molecule has 2 N–H and O–H groups in total. The Balaban J connectivity index is 2.32. The summed E-state index contributed by atoms with van der Waals surface area (Å²) in [7, 11) is -3.46. The molecule has 0 aliphatic rings. The van der Waals surface area contributed by atoms with E-state index in [9.17, 15) is 13.2 Å². The van der Waals surface area contributed by atoms with Gasteiger partial charge in [-0.1, -0.05) is 17.7 Å². The van der Waals surface area contributed by atoms with Crippen LogP contribution in [0.3, 0.4) is 0 Å². The average Bonchev–Trinajstić information content (AvgIpc) is 2.99. The summed E-state index contributed by atoms with van der Waals surface area (Å²) in [5, 5.41) is 2.06. The summed E-state index contributed by atoms with van der Waals surface area (Å²) in [5.41, 5.74) is 8.12. The Kier molecular flexibility index (Phi) is 4.64. The Morgan fingerprint density at radius 1 is 1.24 bits per heavy atom. The van der Waals surface area contributed by atoms with E-state index in [0.29, 0.717) is 16.0 Å². The Labute approximate surface area is 154 Å². The number of hydrogen-bond donors (Lipinski definition) is 1. The van der Waals surface area contributed by atoms with Crippen molar-refractivity contribution >= 4 is 38.7 Å². The van der Waals surface area contributed by atoms with Crippen molar-refractivity contribution in [3.05, 3.63) is 58.0 Å². The van der Waals surface area contributed by atoms with E-state index in [1.807, 2.05) is 6.07 Å². The van der Waals surface area contributed by atoms with Gasteiger partial charge < -0.3 is 5.73 Å². The smallest absolute Gasteiger partial charge is 0.259 e. The molecule has 0 atom stereocenters. The van der Waals surface area contributed by atoms with Crippen LogP contribution in [0.5, 0.6) is 0 Å². The van der Waals surface area contributed by atoms with Crippen LogP contribution in [0, 0.1) is 0 Å². The number of sulfone groups is 1. The summed E-state index contributed by atoms with van der Waals surface area (Å²) in [6.07, 6.45) is 4.41. The second-order valence-electron chi connectivity index (χ2n) is 5.41. The van der Waals surface area contributed by atoms with Crippen molar-refractivity contribution in [1.82, 2.24) is 4.98 Å². The van der Waals surface area contributed by atoms with Crippen molar-refractivity contribution in [2.75, 3.05) is 6.26 Å². The van der Waals surface area contributed by atoms with E-state index < -0.39 is 15.7 Å². The van der Waals surface area contributed by atoms with Gasteiger partial charge in [-0.15, -0.1) is 11.3 Å². The third-order valence-electron chi connectivity index (χ3n) is 3.58. The Bertz CT molecular complexity index is 1060. The maximum atomic E-state index is 11.9. The van der Waals surface area contributed by atoms with Gasteiger partial charge in [0, 0.05) is 45.7 Å². The molecule has 0 spiro atoms. The molecule has 2 aromatic heterocycles. The van der Waals surface area contributed by atoms with Crippen molar-refractivity contribution < 1.29 is 13.2 Å². The van der Waals surface area contributed by atoms with Crippen LogP contribution in [0.4, 0.5) is 0 Å². The zero-order valence-corrected chi connectivity index (χ0v) is 15.5. The highest BCUT2D eigenvalue weighted by atomic mass is 35.5. The monoisotopic (exact) mass is 392 g/mol. The molecule has 3 aromatic rings. The van der Waals surface area contributed by atoms with Crippen molar-refractivity contribution in [2.45, 2.75) is 4.90 Å². The highest BCUT2D eigenvalue weighted by Crippen LogP contribution is 2.40. The lowest BCUT2D eigenvalue weighted by Gasteiger charge is -2.09. The largest absolute Gasteiger partial charge is 0.365 e. The number of pyridine rings is 1. The van der Waals surface area contributed by atoms with E-state index in [0.717, 1.165) is 17.4 Å². The predicted molar refractivity (Wildman–Crippen MR) is 99.6 cm³/mol. The number of rotatable bonds is 4. The molecule has 2 heterocycles. The first kappa shape index (κ1) is 17.6. The first-order valence-corrected chi connectivity index (χ1v) is 10.2. The summed E-state index contributed by atoms with van der Waals surface area (Å²) in [6, 6.07) is 8.12. The minimum atomic E-state index is -3.46. The van der Waals surface area contributed by atoms with Crippen LogP contribution in [0.1, 0.15) is 9.67 Å². The SMILES string of the molecule is CS(=O)(=O)c1cc(Cl)cc(-c2c(-c3cccnc3)csc2C(N)=O)c1. The molecule has 1 amide bonds. The van der Waals surface area contributed by atoms with Crippen LogP contribution in [0.25, 0.3) is 22.3 Å². The lowest BCUT2D eigenvalue weighted by molar-refractivity contribution is 0.100. The summed E-state index contributed by atoms with van der Waals surface area (Å²) in [5.74, 6) is -0.587. The van der Waals surface area contributed by atoms with Gasteiger partial charge in [0.25, 0.3) is 5.91 Å². The van der Waals surface area contributed by atoms with Crippen LogP contribution in [-0.4, -0.2) is 25.6 Å². The summed E-state index contributed by atoms with van der Waals surface area (Å²) in [4.78, 5) is 16.4. The minimum Gasteiger partial charge on any atom is -0.365 e. The number of amides is 1. The molecule has 25 heavy (non-hydrogen) atoms. The van der Waals surface area contributed by atoms with Gasteiger partial charge in [0.15, 0.2) is 9.84 Å². The van der Waals surface area contributed by atoms with Gasteiger partial charge in [0.05, 0.1) is 4.90 Å². The van der Waals surface area contributed by atoms with Gasteiger partial charge in [-0.05, 0) is 29.8 Å². The number of halogens is 1. The van der Waals surface area contributed by atoms with E-state index in [2.05, 4.69) is 4.98 Å². The van der Waals surface area contributed by atoms with E-state index in [-0.39, 0.29) is 9.92 Å². The standard InChI is InChI=1S/C17H13ClN2O3S2/c1-25(22,23)13-6-11(5-12(18)7-13)15-14(9-24-16(15)17(19)21)10-3-2-4-20-8-10/h2-9H,1H3,(H2,19,21). The molecule has 0 saturated carbocycles. The number of primary amides is 1. The molecule has 8 heteroatoms. The third kappa shape index (κ3) is 3.58. The fraction of sp³-hybridized carbons (Fsp3) is 0.0588. The zero-order valence-electron chi connectivity index (χ0n) is 13.1. The molecule has 0 saturated heterocycles. The Hall–Kier alpha value is -2.22. The zero-order chi connectivity index (χ0) is 18.2. The lowest BCUT2D eigenvalue weighted by Crippen LogP contribution is -2.10. The number of aromatic nitrogens is 1. The second-order valence-corrected chi connectivity index (χ2v) is 8.74.